The Kier molecular flexibility index (Phi) is 3.48. The Hall–Kier alpha value is -1.82. The van der Waals surface area contributed by atoms with Gasteiger partial charge in [0.1, 0.15) is 0 Å². The van der Waals surface area contributed by atoms with Crippen molar-refractivity contribution in [1.82, 2.24) is 20.1 Å². The normalized spacial score (nSPS) is 12.9. The van der Waals surface area contributed by atoms with Gasteiger partial charge in [0.2, 0.25) is 5.89 Å². The summed E-state index contributed by atoms with van der Waals surface area (Å²) in [5, 5.41) is 4.87. The molecule has 0 bridgehead atoms. The third kappa shape index (κ3) is 2.56. The van der Waals surface area contributed by atoms with Gasteiger partial charge in [-0.15, -0.1) is 0 Å². The van der Waals surface area contributed by atoms with E-state index in [1.807, 2.05) is 19.9 Å². The van der Waals surface area contributed by atoms with Crippen LogP contribution in [0.3, 0.4) is 0 Å². The SMILES string of the molecule is CCc1noc(C(C)Sc2nc3ccc(C)cc3[nH]2)n1. The maximum atomic E-state index is 5.26. The van der Waals surface area contributed by atoms with Crippen LogP contribution in [0.25, 0.3) is 11.0 Å². The predicted molar refractivity (Wildman–Crippen MR) is 78.8 cm³/mol. The smallest absolute Gasteiger partial charge is 0.239 e. The summed E-state index contributed by atoms with van der Waals surface area (Å²) in [5.41, 5.74) is 3.25. The van der Waals surface area contributed by atoms with E-state index >= 15 is 0 Å². The van der Waals surface area contributed by atoms with Gasteiger partial charge in [0.25, 0.3) is 0 Å². The number of aryl methyl sites for hydroxylation is 2. The maximum absolute atomic E-state index is 5.26. The van der Waals surface area contributed by atoms with Crippen LogP contribution in [0.2, 0.25) is 0 Å². The largest absolute Gasteiger partial charge is 0.338 e. The highest BCUT2D eigenvalue weighted by Crippen LogP contribution is 2.33. The van der Waals surface area contributed by atoms with Crippen molar-refractivity contribution < 1.29 is 4.52 Å². The fraction of sp³-hybridized carbons (Fsp3) is 0.357. The average molecular weight is 288 g/mol. The van der Waals surface area contributed by atoms with Gasteiger partial charge in [0.05, 0.1) is 16.3 Å². The van der Waals surface area contributed by atoms with Crippen molar-refractivity contribution in [3.63, 3.8) is 0 Å². The average Bonchev–Trinajstić information content (AvgIpc) is 3.03. The monoisotopic (exact) mass is 288 g/mol. The number of nitrogens with zero attached hydrogens (tertiary/aromatic N) is 3. The summed E-state index contributed by atoms with van der Waals surface area (Å²) in [6.45, 7) is 6.12. The van der Waals surface area contributed by atoms with Crippen molar-refractivity contribution in [3.05, 3.63) is 35.5 Å². The summed E-state index contributed by atoms with van der Waals surface area (Å²) >= 11 is 1.59. The molecule has 5 nitrogen and oxygen atoms in total. The molecule has 2 heterocycles. The molecule has 104 valence electrons. The van der Waals surface area contributed by atoms with Gasteiger partial charge in [-0.1, -0.05) is 29.9 Å². The zero-order valence-electron chi connectivity index (χ0n) is 11.7. The van der Waals surface area contributed by atoms with Crippen LogP contribution in [0.1, 0.15) is 36.4 Å². The molecule has 0 radical (unpaired) electrons. The Morgan fingerprint density at radius 1 is 1.35 bits per heavy atom. The summed E-state index contributed by atoms with van der Waals surface area (Å²) in [5.74, 6) is 1.39. The molecule has 0 fully saturated rings. The molecule has 20 heavy (non-hydrogen) atoms. The quantitative estimate of drug-likeness (QED) is 0.742. The highest BCUT2D eigenvalue weighted by molar-refractivity contribution is 7.99. The van der Waals surface area contributed by atoms with Gasteiger partial charge in [-0.2, -0.15) is 4.98 Å². The summed E-state index contributed by atoms with van der Waals surface area (Å²) in [6, 6.07) is 6.18. The molecule has 0 aliphatic rings. The fourth-order valence-electron chi connectivity index (χ4n) is 1.95. The summed E-state index contributed by atoms with van der Waals surface area (Å²) in [4.78, 5) is 12.2. The van der Waals surface area contributed by atoms with Crippen molar-refractivity contribution in [2.45, 2.75) is 37.6 Å². The molecule has 1 unspecified atom stereocenters. The fourth-order valence-corrected chi connectivity index (χ4v) is 2.80. The first kappa shape index (κ1) is 13.2. The highest BCUT2D eigenvalue weighted by atomic mass is 32.2. The number of fused-ring (bicyclic) bond motifs is 1. The van der Waals surface area contributed by atoms with E-state index in [9.17, 15) is 0 Å². The van der Waals surface area contributed by atoms with E-state index in [4.69, 9.17) is 4.52 Å². The van der Waals surface area contributed by atoms with Crippen LogP contribution in [-0.4, -0.2) is 20.1 Å². The third-order valence-electron chi connectivity index (χ3n) is 3.05. The molecule has 0 saturated heterocycles. The van der Waals surface area contributed by atoms with E-state index in [2.05, 4.69) is 39.2 Å². The molecule has 6 heteroatoms. The molecule has 1 N–H and O–H groups in total. The van der Waals surface area contributed by atoms with Crippen molar-refractivity contribution >= 4 is 22.8 Å². The molecule has 0 aliphatic heterocycles. The lowest BCUT2D eigenvalue weighted by Gasteiger charge is -2.02. The Morgan fingerprint density at radius 3 is 2.95 bits per heavy atom. The number of hydrogen-bond acceptors (Lipinski definition) is 5. The molecule has 3 aromatic rings. The lowest BCUT2D eigenvalue weighted by atomic mass is 10.2. The zero-order chi connectivity index (χ0) is 14.1. The second kappa shape index (κ2) is 5.28. The number of benzene rings is 1. The molecular formula is C14H16N4OS. The Morgan fingerprint density at radius 2 is 2.20 bits per heavy atom. The van der Waals surface area contributed by atoms with Crippen LogP contribution >= 0.6 is 11.8 Å². The van der Waals surface area contributed by atoms with Crippen molar-refractivity contribution in [2.24, 2.45) is 0 Å². The lowest BCUT2D eigenvalue weighted by Crippen LogP contribution is -1.90. The zero-order valence-corrected chi connectivity index (χ0v) is 12.5. The number of H-pyrrole nitrogens is 1. The minimum absolute atomic E-state index is 0.0736. The van der Waals surface area contributed by atoms with Crippen molar-refractivity contribution in [3.8, 4) is 0 Å². The lowest BCUT2D eigenvalue weighted by molar-refractivity contribution is 0.375. The molecule has 1 aromatic carbocycles. The van der Waals surface area contributed by atoms with Gasteiger partial charge in [-0.25, -0.2) is 4.98 Å². The Labute approximate surface area is 121 Å². The predicted octanol–water partition coefficient (Wildman–Crippen LogP) is 3.67. The first-order valence-corrected chi connectivity index (χ1v) is 7.49. The maximum Gasteiger partial charge on any atom is 0.239 e. The minimum atomic E-state index is 0.0736. The van der Waals surface area contributed by atoms with Gasteiger partial charge in [0.15, 0.2) is 11.0 Å². The van der Waals surface area contributed by atoms with Crippen LogP contribution in [-0.2, 0) is 6.42 Å². The molecule has 1 atom stereocenters. The molecule has 0 spiro atoms. The first-order valence-electron chi connectivity index (χ1n) is 6.61. The van der Waals surface area contributed by atoms with E-state index in [0.717, 1.165) is 28.4 Å². The first-order chi connectivity index (χ1) is 9.65. The summed E-state index contributed by atoms with van der Waals surface area (Å²) < 4.78 is 5.26. The van der Waals surface area contributed by atoms with Crippen molar-refractivity contribution in [1.29, 1.82) is 0 Å². The molecule has 0 amide bonds. The van der Waals surface area contributed by atoms with E-state index in [-0.39, 0.29) is 5.25 Å². The highest BCUT2D eigenvalue weighted by Gasteiger charge is 2.17. The van der Waals surface area contributed by atoms with Crippen LogP contribution in [0.15, 0.2) is 27.9 Å². The number of nitrogens with one attached hydrogen (secondary N) is 1. The molecule has 3 rings (SSSR count). The number of rotatable bonds is 4. The van der Waals surface area contributed by atoms with Crippen LogP contribution in [0.4, 0.5) is 0 Å². The van der Waals surface area contributed by atoms with E-state index in [1.54, 1.807) is 11.8 Å². The summed E-state index contributed by atoms with van der Waals surface area (Å²) in [6.07, 6.45) is 0.783. The Balaban J connectivity index is 1.81. The third-order valence-corrected chi connectivity index (χ3v) is 4.02. The second-order valence-electron chi connectivity index (χ2n) is 4.73. The molecule has 0 saturated carbocycles. The summed E-state index contributed by atoms with van der Waals surface area (Å²) in [7, 11) is 0. The Bertz CT molecular complexity index is 734. The standard InChI is InChI=1S/C14H16N4OS/c1-4-12-17-13(19-18-12)9(3)20-14-15-10-6-5-8(2)7-11(10)16-14/h5-7,9H,4H2,1-3H3,(H,15,16). The number of thioether (sulfide) groups is 1. The number of aromatic amines is 1. The molecular weight excluding hydrogens is 272 g/mol. The van der Waals surface area contributed by atoms with E-state index < -0.39 is 0 Å². The van der Waals surface area contributed by atoms with Crippen LogP contribution in [0, 0.1) is 6.92 Å². The topological polar surface area (TPSA) is 67.6 Å². The molecule has 2 aromatic heterocycles. The minimum Gasteiger partial charge on any atom is -0.338 e. The van der Waals surface area contributed by atoms with Crippen LogP contribution < -0.4 is 0 Å². The number of imidazole rings is 1. The van der Waals surface area contributed by atoms with E-state index in [1.165, 1.54) is 5.56 Å². The number of aromatic nitrogens is 4. The van der Waals surface area contributed by atoms with Crippen molar-refractivity contribution in [2.75, 3.05) is 0 Å². The van der Waals surface area contributed by atoms with Gasteiger partial charge in [0, 0.05) is 6.42 Å². The van der Waals surface area contributed by atoms with Gasteiger partial charge >= 0.3 is 0 Å². The van der Waals surface area contributed by atoms with Gasteiger partial charge < -0.3 is 9.51 Å². The van der Waals surface area contributed by atoms with E-state index in [0.29, 0.717) is 5.89 Å². The number of hydrogen-bond donors (Lipinski definition) is 1. The molecule has 0 aliphatic carbocycles. The van der Waals surface area contributed by atoms with Gasteiger partial charge in [-0.3, -0.25) is 0 Å². The van der Waals surface area contributed by atoms with Crippen LogP contribution in [0.5, 0.6) is 0 Å². The second-order valence-corrected chi connectivity index (χ2v) is 6.05. The van der Waals surface area contributed by atoms with Gasteiger partial charge in [-0.05, 0) is 31.5 Å².